The Morgan fingerprint density at radius 3 is 2.21 bits per heavy atom. The van der Waals surface area contributed by atoms with Crippen LogP contribution in [0.4, 0.5) is 0 Å². The molecule has 0 bridgehead atoms. The monoisotopic (exact) mass is 198 g/mol. The van der Waals surface area contributed by atoms with Crippen molar-refractivity contribution < 1.29 is 9.53 Å². The maximum absolute atomic E-state index is 11.6. The number of carbonyl (C=O) groups excluding carboxylic acids is 1. The SMILES string of the molecule is CC/C=C(\CCC)C(=O)OC(C)(C)C. The molecule has 0 aliphatic carbocycles. The second kappa shape index (κ2) is 5.84. The summed E-state index contributed by atoms with van der Waals surface area (Å²) in [4.78, 5) is 11.6. The Kier molecular flexibility index (Phi) is 5.51. The highest BCUT2D eigenvalue weighted by atomic mass is 16.6. The second-order valence-corrected chi connectivity index (χ2v) is 4.39. The first-order chi connectivity index (χ1) is 6.40. The fraction of sp³-hybridized carbons (Fsp3) is 0.750. The van der Waals surface area contributed by atoms with E-state index in [-0.39, 0.29) is 5.97 Å². The maximum atomic E-state index is 11.6. The minimum absolute atomic E-state index is 0.166. The predicted molar refractivity (Wildman–Crippen MR) is 59.1 cm³/mol. The molecule has 0 amide bonds. The zero-order chi connectivity index (χ0) is 11.2. The summed E-state index contributed by atoms with van der Waals surface area (Å²) in [5, 5.41) is 0. The molecule has 0 saturated carbocycles. The summed E-state index contributed by atoms with van der Waals surface area (Å²) in [5.41, 5.74) is 0.419. The lowest BCUT2D eigenvalue weighted by Gasteiger charge is -2.20. The summed E-state index contributed by atoms with van der Waals surface area (Å²) >= 11 is 0. The smallest absolute Gasteiger partial charge is 0.334 e. The third kappa shape index (κ3) is 5.79. The highest BCUT2D eigenvalue weighted by Crippen LogP contribution is 2.14. The van der Waals surface area contributed by atoms with Gasteiger partial charge in [0.15, 0.2) is 0 Å². The lowest BCUT2D eigenvalue weighted by molar-refractivity contribution is -0.150. The van der Waals surface area contributed by atoms with Crippen molar-refractivity contribution in [3.63, 3.8) is 0 Å². The molecule has 82 valence electrons. The van der Waals surface area contributed by atoms with Crippen LogP contribution in [-0.2, 0) is 9.53 Å². The Bertz CT molecular complexity index is 209. The van der Waals surface area contributed by atoms with Crippen LogP contribution in [0.1, 0.15) is 53.9 Å². The summed E-state index contributed by atoms with van der Waals surface area (Å²) < 4.78 is 5.30. The quantitative estimate of drug-likeness (QED) is 0.510. The van der Waals surface area contributed by atoms with Gasteiger partial charge in [0.1, 0.15) is 5.60 Å². The topological polar surface area (TPSA) is 26.3 Å². The number of allylic oxidation sites excluding steroid dienone is 1. The number of rotatable bonds is 4. The minimum atomic E-state index is -0.391. The van der Waals surface area contributed by atoms with Crippen molar-refractivity contribution >= 4 is 5.97 Å². The molecule has 14 heavy (non-hydrogen) atoms. The number of ether oxygens (including phenoxy) is 1. The van der Waals surface area contributed by atoms with Crippen LogP contribution in [0.2, 0.25) is 0 Å². The Balaban J connectivity index is 4.38. The molecule has 0 unspecified atom stereocenters. The Hall–Kier alpha value is -0.790. The molecule has 0 aliphatic rings. The van der Waals surface area contributed by atoms with E-state index in [4.69, 9.17) is 4.74 Å². The summed E-state index contributed by atoms with van der Waals surface area (Å²) in [6, 6.07) is 0. The van der Waals surface area contributed by atoms with Crippen molar-refractivity contribution in [3.8, 4) is 0 Å². The van der Waals surface area contributed by atoms with E-state index in [0.29, 0.717) is 0 Å². The third-order valence-corrected chi connectivity index (χ3v) is 1.63. The highest BCUT2D eigenvalue weighted by Gasteiger charge is 2.18. The molecule has 0 fully saturated rings. The molecule has 2 nitrogen and oxygen atoms in total. The molecule has 0 spiro atoms. The average Bonchev–Trinajstić information content (AvgIpc) is 2.01. The van der Waals surface area contributed by atoms with E-state index < -0.39 is 5.60 Å². The van der Waals surface area contributed by atoms with Gasteiger partial charge in [-0.3, -0.25) is 0 Å². The van der Waals surface area contributed by atoms with Gasteiger partial charge in [-0.15, -0.1) is 0 Å². The lowest BCUT2D eigenvalue weighted by atomic mass is 10.1. The normalized spacial score (nSPS) is 12.8. The van der Waals surface area contributed by atoms with Gasteiger partial charge in [-0.05, 0) is 33.6 Å². The van der Waals surface area contributed by atoms with Crippen LogP contribution < -0.4 is 0 Å². The Morgan fingerprint density at radius 1 is 1.29 bits per heavy atom. The summed E-state index contributed by atoms with van der Waals surface area (Å²) in [5.74, 6) is -0.166. The van der Waals surface area contributed by atoms with E-state index in [1.54, 1.807) is 0 Å². The van der Waals surface area contributed by atoms with E-state index in [1.807, 2.05) is 33.8 Å². The van der Waals surface area contributed by atoms with Gasteiger partial charge in [0.2, 0.25) is 0 Å². The maximum Gasteiger partial charge on any atom is 0.334 e. The number of hydrogen-bond acceptors (Lipinski definition) is 2. The molecule has 0 rings (SSSR count). The molecule has 0 N–H and O–H groups in total. The molecule has 0 atom stereocenters. The highest BCUT2D eigenvalue weighted by molar-refractivity contribution is 5.88. The van der Waals surface area contributed by atoms with Gasteiger partial charge < -0.3 is 4.74 Å². The molecule has 2 heteroatoms. The van der Waals surface area contributed by atoms with E-state index in [2.05, 4.69) is 6.92 Å². The molecule has 0 aromatic carbocycles. The molecular formula is C12H22O2. The standard InChI is InChI=1S/C12H22O2/c1-6-8-10(9-7-2)11(13)14-12(3,4)5/h8H,6-7,9H2,1-5H3/b10-8+. The summed E-state index contributed by atoms with van der Waals surface area (Å²) in [7, 11) is 0. The second-order valence-electron chi connectivity index (χ2n) is 4.39. The van der Waals surface area contributed by atoms with Crippen molar-refractivity contribution in [2.24, 2.45) is 0 Å². The van der Waals surface area contributed by atoms with Crippen LogP contribution in [0.3, 0.4) is 0 Å². The van der Waals surface area contributed by atoms with Crippen molar-refractivity contribution in [1.29, 1.82) is 0 Å². The van der Waals surface area contributed by atoms with E-state index in [9.17, 15) is 4.79 Å². The molecule has 0 heterocycles. The van der Waals surface area contributed by atoms with Gasteiger partial charge in [-0.2, -0.15) is 0 Å². The molecule has 0 saturated heterocycles. The lowest BCUT2D eigenvalue weighted by Crippen LogP contribution is -2.24. The molecule has 0 radical (unpaired) electrons. The zero-order valence-corrected chi connectivity index (χ0v) is 10.0. The predicted octanol–water partition coefficient (Wildman–Crippen LogP) is 3.46. The molecular weight excluding hydrogens is 176 g/mol. The van der Waals surface area contributed by atoms with Gasteiger partial charge >= 0.3 is 5.97 Å². The Labute approximate surface area is 87.3 Å². The molecule has 0 aromatic heterocycles. The largest absolute Gasteiger partial charge is 0.457 e. The van der Waals surface area contributed by atoms with Crippen molar-refractivity contribution in [1.82, 2.24) is 0 Å². The number of esters is 1. The summed E-state index contributed by atoms with van der Waals surface area (Å²) in [6.45, 7) is 9.76. The van der Waals surface area contributed by atoms with E-state index >= 15 is 0 Å². The number of carbonyl (C=O) groups is 1. The van der Waals surface area contributed by atoms with E-state index in [0.717, 1.165) is 24.8 Å². The van der Waals surface area contributed by atoms with Crippen LogP contribution >= 0.6 is 0 Å². The van der Waals surface area contributed by atoms with Gasteiger partial charge in [0.25, 0.3) is 0 Å². The number of hydrogen-bond donors (Lipinski definition) is 0. The van der Waals surface area contributed by atoms with Crippen LogP contribution in [0.15, 0.2) is 11.6 Å². The minimum Gasteiger partial charge on any atom is -0.457 e. The van der Waals surface area contributed by atoms with Crippen LogP contribution in [0.25, 0.3) is 0 Å². The van der Waals surface area contributed by atoms with Crippen LogP contribution in [0.5, 0.6) is 0 Å². The first kappa shape index (κ1) is 13.2. The van der Waals surface area contributed by atoms with E-state index in [1.165, 1.54) is 0 Å². The first-order valence-electron chi connectivity index (χ1n) is 5.33. The first-order valence-corrected chi connectivity index (χ1v) is 5.33. The van der Waals surface area contributed by atoms with Gasteiger partial charge in [0, 0.05) is 5.57 Å². The fourth-order valence-electron chi connectivity index (χ4n) is 1.15. The van der Waals surface area contributed by atoms with Crippen LogP contribution in [-0.4, -0.2) is 11.6 Å². The fourth-order valence-corrected chi connectivity index (χ4v) is 1.15. The van der Waals surface area contributed by atoms with Gasteiger partial charge in [0.05, 0.1) is 0 Å². The third-order valence-electron chi connectivity index (χ3n) is 1.63. The van der Waals surface area contributed by atoms with Gasteiger partial charge in [-0.25, -0.2) is 4.79 Å². The Morgan fingerprint density at radius 2 is 1.86 bits per heavy atom. The molecule has 0 aromatic rings. The average molecular weight is 198 g/mol. The molecule has 0 aliphatic heterocycles. The van der Waals surface area contributed by atoms with Gasteiger partial charge in [-0.1, -0.05) is 26.3 Å². The van der Waals surface area contributed by atoms with Crippen molar-refractivity contribution in [2.45, 2.75) is 59.5 Å². The summed E-state index contributed by atoms with van der Waals surface area (Å²) in [6.07, 6.45) is 4.62. The zero-order valence-electron chi connectivity index (χ0n) is 10.0. The van der Waals surface area contributed by atoms with Crippen LogP contribution in [0, 0.1) is 0 Å². The van der Waals surface area contributed by atoms with Crippen molar-refractivity contribution in [2.75, 3.05) is 0 Å². The van der Waals surface area contributed by atoms with Crippen molar-refractivity contribution in [3.05, 3.63) is 11.6 Å².